The largest absolute Gasteiger partial charge is 0.336 e. The summed E-state index contributed by atoms with van der Waals surface area (Å²) < 4.78 is 26.1. The molecule has 0 N–H and O–H groups in total. The highest BCUT2D eigenvalue weighted by Crippen LogP contribution is 2.30. The normalized spacial score (nSPS) is 14.8. The van der Waals surface area contributed by atoms with Crippen molar-refractivity contribution in [2.45, 2.75) is 32.9 Å². The van der Waals surface area contributed by atoms with Gasteiger partial charge in [0.15, 0.2) is 0 Å². The highest BCUT2D eigenvalue weighted by Gasteiger charge is 2.34. The molecular formula is C20H23N3O5S. The van der Waals surface area contributed by atoms with Crippen molar-refractivity contribution in [1.29, 1.82) is 0 Å². The SMILES string of the molecule is Cc1ccc([N+](=O)[O-])cc1N([C@H](C)C(=O)N1CCc2ccccc2C1)S(C)(=O)=O. The highest BCUT2D eigenvalue weighted by atomic mass is 32.2. The van der Waals surface area contributed by atoms with E-state index in [1.807, 2.05) is 24.3 Å². The minimum absolute atomic E-state index is 0.139. The molecule has 3 rings (SSSR count). The number of carbonyl (C=O) groups is 1. The molecule has 0 unspecified atom stereocenters. The van der Waals surface area contributed by atoms with Crippen LogP contribution in [0.3, 0.4) is 0 Å². The third-order valence-electron chi connectivity index (χ3n) is 5.15. The van der Waals surface area contributed by atoms with Crippen molar-refractivity contribution >= 4 is 27.3 Å². The second-order valence-corrected chi connectivity index (χ2v) is 9.10. The minimum atomic E-state index is -3.86. The molecule has 29 heavy (non-hydrogen) atoms. The van der Waals surface area contributed by atoms with Crippen LogP contribution in [-0.2, 0) is 27.8 Å². The van der Waals surface area contributed by atoms with Crippen LogP contribution in [0.25, 0.3) is 0 Å². The van der Waals surface area contributed by atoms with Crippen LogP contribution in [0.15, 0.2) is 42.5 Å². The molecule has 1 aliphatic rings. The Morgan fingerprint density at radius 3 is 2.48 bits per heavy atom. The van der Waals surface area contributed by atoms with Crippen LogP contribution in [0.4, 0.5) is 11.4 Å². The molecular weight excluding hydrogens is 394 g/mol. The van der Waals surface area contributed by atoms with Crippen LogP contribution in [0.2, 0.25) is 0 Å². The number of nitro benzene ring substituents is 1. The number of sulfonamides is 1. The molecule has 2 aromatic rings. The number of rotatable bonds is 5. The highest BCUT2D eigenvalue weighted by molar-refractivity contribution is 7.92. The van der Waals surface area contributed by atoms with Crippen LogP contribution < -0.4 is 4.31 Å². The number of carbonyl (C=O) groups excluding carboxylic acids is 1. The van der Waals surface area contributed by atoms with Gasteiger partial charge in [0.2, 0.25) is 15.9 Å². The van der Waals surface area contributed by atoms with E-state index in [0.29, 0.717) is 25.1 Å². The standard InChI is InChI=1S/C20H23N3O5S/c1-14-8-9-18(23(25)26)12-19(14)22(29(3,27)28)15(2)20(24)21-11-10-16-6-4-5-7-17(16)13-21/h4-9,12,15H,10-11,13H2,1-3H3/t15-/m1/s1. The van der Waals surface area contributed by atoms with Crippen molar-refractivity contribution in [3.63, 3.8) is 0 Å². The molecule has 0 bridgehead atoms. The molecule has 2 aromatic carbocycles. The van der Waals surface area contributed by atoms with Gasteiger partial charge in [-0.05, 0) is 37.0 Å². The zero-order valence-electron chi connectivity index (χ0n) is 16.5. The lowest BCUT2D eigenvalue weighted by molar-refractivity contribution is -0.384. The van der Waals surface area contributed by atoms with Crippen molar-refractivity contribution in [3.05, 3.63) is 69.3 Å². The number of non-ortho nitro benzene ring substituents is 1. The van der Waals surface area contributed by atoms with Crippen LogP contribution in [-0.4, -0.2) is 43.0 Å². The summed E-state index contributed by atoms with van der Waals surface area (Å²) in [5, 5.41) is 11.2. The number of benzene rings is 2. The van der Waals surface area contributed by atoms with E-state index in [4.69, 9.17) is 0 Å². The number of hydrogen-bond donors (Lipinski definition) is 0. The summed E-state index contributed by atoms with van der Waals surface area (Å²) in [4.78, 5) is 25.4. The second-order valence-electron chi connectivity index (χ2n) is 7.24. The van der Waals surface area contributed by atoms with E-state index in [-0.39, 0.29) is 17.3 Å². The van der Waals surface area contributed by atoms with Gasteiger partial charge in [0, 0.05) is 25.2 Å². The lowest BCUT2D eigenvalue weighted by Gasteiger charge is -2.35. The Hall–Kier alpha value is -2.94. The van der Waals surface area contributed by atoms with Crippen molar-refractivity contribution in [2.24, 2.45) is 0 Å². The number of hydrogen-bond acceptors (Lipinski definition) is 5. The Bertz CT molecular complexity index is 1070. The first kappa shape index (κ1) is 20.8. The molecule has 0 fully saturated rings. The number of anilines is 1. The summed E-state index contributed by atoms with van der Waals surface area (Å²) in [5.74, 6) is -0.337. The number of nitro groups is 1. The Kier molecular flexibility index (Phi) is 5.61. The second kappa shape index (κ2) is 7.82. The van der Waals surface area contributed by atoms with E-state index in [9.17, 15) is 23.3 Å². The Labute approximate surface area is 169 Å². The molecule has 9 heteroatoms. The minimum Gasteiger partial charge on any atom is -0.336 e. The topological polar surface area (TPSA) is 101 Å². The summed E-state index contributed by atoms with van der Waals surface area (Å²) in [7, 11) is -3.86. The van der Waals surface area contributed by atoms with E-state index in [0.717, 1.165) is 16.1 Å². The molecule has 0 saturated heterocycles. The van der Waals surface area contributed by atoms with Crippen LogP contribution in [0, 0.1) is 17.0 Å². The van der Waals surface area contributed by atoms with E-state index in [1.165, 1.54) is 30.7 Å². The number of fused-ring (bicyclic) bond motifs is 1. The molecule has 1 heterocycles. The van der Waals surface area contributed by atoms with Gasteiger partial charge in [0.05, 0.1) is 16.9 Å². The van der Waals surface area contributed by atoms with Gasteiger partial charge in [-0.3, -0.25) is 19.2 Å². The van der Waals surface area contributed by atoms with Crippen molar-refractivity contribution in [1.82, 2.24) is 4.90 Å². The van der Waals surface area contributed by atoms with Crippen molar-refractivity contribution in [2.75, 3.05) is 17.1 Å². The number of amides is 1. The third-order valence-corrected chi connectivity index (χ3v) is 6.38. The molecule has 0 radical (unpaired) electrons. The molecule has 1 atom stereocenters. The molecule has 0 aromatic heterocycles. The molecule has 8 nitrogen and oxygen atoms in total. The zero-order valence-corrected chi connectivity index (χ0v) is 17.3. The number of aryl methyl sites for hydroxylation is 1. The fourth-order valence-corrected chi connectivity index (χ4v) is 4.89. The Balaban J connectivity index is 1.95. The van der Waals surface area contributed by atoms with Gasteiger partial charge in [-0.25, -0.2) is 8.42 Å². The molecule has 0 saturated carbocycles. The Morgan fingerprint density at radius 2 is 1.86 bits per heavy atom. The summed E-state index contributed by atoms with van der Waals surface area (Å²) in [6.45, 7) is 4.07. The summed E-state index contributed by atoms with van der Waals surface area (Å²) in [5.41, 5.74) is 2.66. The van der Waals surface area contributed by atoms with Gasteiger partial charge in [-0.2, -0.15) is 0 Å². The maximum atomic E-state index is 13.2. The van der Waals surface area contributed by atoms with E-state index in [1.54, 1.807) is 11.8 Å². The van der Waals surface area contributed by atoms with Crippen LogP contribution in [0.5, 0.6) is 0 Å². The first-order chi connectivity index (χ1) is 13.6. The van der Waals surface area contributed by atoms with Gasteiger partial charge in [0.25, 0.3) is 5.69 Å². The summed E-state index contributed by atoms with van der Waals surface area (Å²) >= 11 is 0. The van der Waals surface area contributed by atoms with Crippen molar-refractivity contribution < 1.29 is 18.1 Å². The summed E-state index contributed by atoms with van der Waals surface area (Å²) in [6.07, 6.45) is 1.70. The monoisotopic (exact) mass is 417 g/mol. The maximum absolute atomic E-state index is 13.2. The maximum Gasteiger partial charge on any atom is 0.271 e. The van der Waals surface area contributed by atoms with Crippen molar-refractivity contribution in [3.8, 4) is 0 Å². The Morgan fingerprint density at radius 1 is 1.21 bits per heavy atom. The lowest BCUT2D eigenvalue weighted by atomic mass is 9.99. The zero-order chi connectivity index (χ0) is 21.3. The average Bonchev–Trinajstić information content (AvgIpc) is 2.67. The van der Waals surface area contributed by atoms with Crippen LogP contribution >= 0.6 is 0 Å². The first-order valence-corrected chi connectivity index (χ1v) is 11.0. The summed E-state index contributed by atoms with van der Waals surface area (Å²) in [6, 6.07) is 10.8. The van der Waals surface area contributed by atoms with Gasteiger partial charge in [-0.1, -0.05) is 30.3 Å². The third kappa shape index (κ3) is 4.24. The predicted octanol–water partition coefficient (Wildman–Crippen LogP) is 2.64. The molecule has 1 aliphatic heterocycles. The average molecular weight is 417 g/mol. The smallest absolute Gasteiger partial charge is 0.271 e. The van der Waals surface area contributed by atoms with Gasteiger partial charge in [-0.15, -0.1) is 0 Å². The molecule has 1 amide bonds. The van der Waals surface area contributed by atoms with E-state index in [2.05, 4.69) is 0 Å². The predicted molar refractivity (Wildman–Crippen MR) is 110 cm³/mol. The van der Waals surface area contributed by atoms with Gasteiger partial charge < -0.3 is 4.90 Å². The van der Waals surface area contributed by atoms with Crippen LogP contribution in [0.1, 0.15) is 23.6 Å². The molecule has 0 aliphatic carbocycles. The van der Waals surface area contributed by atoms with Gasteiger partial charge in [0.1, 0.15) is 6.04 Å². The lowest BCUT2D eigenvalue weighted by Crippen LogP contribution is -2.50. The van der Waals surface area contributed by atoms with E-state index < -0.39 is 21.0 Å². The fraction of sp³-hybridized carbons (Fsp3) is 0.350. The number of nitrogens with zero attached hydrogens (tertiary/aromatic N) is 3. The van der Waals surface area contributed by atoms with E-state index >= 15 is 0 Å². The molecule has 0 spiro atoms. The quantitative estimate of drug-likeness (QED) is 0.550. The fourth-order valence-electron chi connectivity index (χ4n) is 3.67. The molecule has 154 valence electrons. The van der Waals surface area contributed by atoms with Gasteiger partial charge >= 0.3 is 0 Å². The first-order valence-electron chi connectivity index (χ1n) is 9.19.